The van der Waals surface area contributed by atoms with E-state index in [0.29, 0.717) is 19.1 Å². The monoisotopic (exact) mass is 326 g/mol. The average Bonchev–Trinajstić information content (AvgIpc) is 3.05. The van der Waals surface area contributed by atoms with Gasteiger partial charge in [0.15, 0.2) is 0 Å². The highest BCUT2D eigenvalue weighted by Crippen LogP contribution is 2.67. The summed E-state index contributed by atoms with van der Waals surface area (Å²) >= 11 is 0. The first kappa shape index (κ1) is 15.7. The zero-order valence-corrected chi connectivity index (χ0v) is 15.0. The van der Waals surface area contributed by atoms with E-state index in [0.717, 1.165) is 24.1 Å². The van der Waals surface area contributed by atoms with Crippen LogP contribution in [0, 0.1) is 5.41 Å². The van der Waals surface area contributed by atoms with E-state index in [4.69, 9.17) is 4.74 Å². The zero-order chi connectivity index (χ0) is 17.1. The van der Waals surface area contributed by atoms with Gasteiger partial charge in [-0.1, -0.05) is 39.0 Å². The first-order valence-corrected chi connectivity index (χ1v) is 8.84. The Bertz CT molecular complexity index is 831. The van der Waals surface area contributed by atoms with Gasteiger partial charge in [0.25, 0.3) is 5.56 Å². The fraction of sp³-hybridized carbons (Fsp3) is 0.550. The third-order valence-electron chi connectivity index (χ3n) is 6.78. The number of methoxy groups -OCH3 is 1. The molecule has 128 valence electrons. The first-order chi connectivity index (χ1) is 11.4. The number of hydrogen-bond acceptors (Lipinski definition) is 2. The highest BCUT2D eigenvalue weighted by molar-refractivity contribution is 5.47. The molecule has 1 unspecified atom stereocenters. The third kappa shape index (κ3) is 1.75. The van der Waals surface area contributed by atoms with Crippen molar-refractivity contribution in [3.63, 3.8) is 0 Å². The van der Waals surface area contributed by atoms with Crippen molar-refractivity contribution in [1.82, 2.24) is 9.36 Å². The summed E-state index contributed by atoms with van der Waals surface area (Å²) < 4.78 is 9.40. The second kappa shape index (κ2) is 5.09. The quantitative estimate of drug-likeness (QED) is 0.862. The lowest BCUT2D eigenvalue weighted by Crippen LogP contribution is -2.36. The molecule has 0 saturated heterocycles. The lowest BCUT2D eigenvalue weighted by Gasteiger charge is -2.36. The molecule has 0 radical (unpaired) electrons. The van der Waals surface area contributed by atoms with Crippen LogP contribution < -0.4 is 5.56 Å². The van der Waals surface area contributed by atoms with Crippen LogP contribution in [0.25, 0.3) is 5.69 Å². The van der Waals surface area contributed by atoms with Crippen molar-refractivity contribution < 1.29 is 4.74 Å². The summed E-state index contributed by atoms with van der Waals surface area (Å²) in [6, 6.07) is 9.98. The number of ether oxygens (including phenoxy) is 1. The van der Waals surface area contributed by atoms with Crippen molar-refractivity contribution in [2.45, 2.75) is 51.5 Å². The minimum Gasteiger partial charge on any atom is -0.383 e. The number of rotatable bonds is 4. The van der Waals surface area contributed by atoms with E-state index >= 15 is 0 Å². The van der Waals surface area contributed by atoms with Gasteiger partial charge in [-0.2, -0.15) is 0 Å². The molecule has 1 aromatic heterocycles. The molecular weight excluding hydrogens is 300 g/mol. The van der Waals surface area contributed by atoms with E-state index in [-0.39, 0.29) is 16.4 Å². The standard InChI is InChI=1S/C20H26N2O2/c1-19(2)15-10-11-20(19,3)17-16(15)18(23)22(21(17)12-13-24-4)14-8-6-5-7-9-14/h5-9,15H,10-13H2,1-4H3/t15?,20-/m0/s1. The summed E-state index contributed by atoms with van der Waals surface area (Å²) in [5.74, 6) is 0.365. The van der Waals surface area contributed by atoms with E-state index in [2.05, 4.69) is 25.5 Å². The van der Waals surface area contributed by atoms with Crippen LogP contribution in [0.5, 0.6) is 0 Å². The Morgan fingerprint density at radius 1 is 1.21 bits per heavy atom. The Kier molecular flexibility index (Phi) is 3.33. The lowest BCUT2D eigenvalue weighted by molar-refractivity contribution is 0.170. The fourth-order valence-corrected chi connectivity index (χ4v) is 5.10. The van der Waals surface area contributed by atoms with Gasteiger partial charge in [0.2, 0.25) is 0 Å². The lowest BCUT2D eigenvalue weighted by atomic mass is 9.70. The Balaban J connectivity index is 2.00. The topological polar surface area (TPSA) is 36.2 Å². The number of aromatic nitrogens is 2. The van der Waals surface area contributed by atoms with E-state index < -0.39 is 0 Å². The van der Waals surface area contributed by atoms with Crippen molar-refractivity contribution in [1.29, 1.82) is 0 Å². The summed E-state index contributed by atoms with van der Waals surface area (Å²) in [5, 5.41) is 0. The highest BCUT2D eigenvalue weighted by Gasteiger charge is 2.62. The molecule has 0 aliphatic heterocycles. The summed E-state index contributed by atoms with van der Waals surface area (Å²) in [6.45, 7) is 8.31. The Morgan fingerprint density at radius 3 is 2.58 bits per heavy atom. The molecule has 2 atom stereocenters. The van der Waals surface area contributed by atoms with Gasteiger partial charge >= 0.3 is 0 Å². The normalized spacial score (nSPS) is 26.8. The largest absolute Gasteiger partial charge is 0.383 e. The van der Waals surface area contributed by atoms with Crippen molar-refractivity contribution in [2.24, 2.45) is 5.41 Å². The average molecular weight is 326 g/mol. The number of para-hydroxylation sites is 1. The smallest absolute Gasteiger partial charge is 0.275 e. The Labute approximate surface area is 143 Å². The van der Waals surface area contributed by atoms with Crippen molar-refractivity contribution in [2.75, 3.05) is 13.7 Å². The van der Waals surface area contributed by atoms with Crippen LogP contribution in [0.4, 0.5) is 0 Å². The summed E-state index contributed by atoms with van der Waals surface area (Å²) in [7, 11) is 1.71. The van der Waals surface area contributed by atoms with E-state index in [1.165, 1.54) is 5.69 Å². The minimum atomic E-state index is 0.0555. The molecule has 2 bridgehead atoms. The molecule has 0 spiro atoms. The summed E-state index contributed by atoms with van der Waals surface area (Å²) in [6.07, 6.45) is 2.28. The number of fused-ring (bicyclic) bond motifs is 5. The molecule has 2 aromatic rings. The van der Waals surface area contributed by atoms with Crippen LogP contribution in [0.3, 0.4) is 0 Å². The van der Waals surface area contributed by atoms with Gasteiger partial charge in [0, 0.05) is 18.1 Å². The van der Waals surface area contributed by atoms with Crippen LogP contribution in [-0.2, 0) is 16.7 Å². The second-order valence-electron chi connectivity index (χ2n) is 7.98. The molecule has 1 heterocycles. The van der Waals surface area contributed by atoms with Crippen LogP contribution >= 0.6 is 0 Å². The van der Waals surface area contributed by atoms with Gasteiger partial charge in [-0.15, -0.1) is 0 Å². The molecule has 2 aliphatic carbocycles. The van der Waals surface area contributed by atoms with E-state index in [1.54, 1.807) is 7.11 Å². The van der Waals surface area contributed by atoms with Gasteiger partial charge < -0.3 is 4.74 Å². The Morgan fingerprint density at radius 2 is 1.92 bits per heavy atom. The number of nitrogens with zero attached hydrogens (tertiary/aromatic N) is 2. The van der Waals surface area contributed by atoms with Crippen LogP contribution in [0.1, 0.15) is 50.8 Å². The maximum atomic E-state index is 13.4. The van der Waals surface area contributed by atoms with Crippen LogP contribution in [0.2, 0.25) is 0 Å². The predicted octanol–water partition coefficient (Wildman–Crippen LogP) is 3.46. The predicted molar refractivity (Wildman–Crippen MR) is 95.0 cm³/mol. The van der Waals surface area contributed by atoms with Crippen LogP contribution in [-0.4, -0.2) is 23.1 Å². The molecule has 0 N–H and O–H groups in total. The number of benzene rings is 1. The fourth-order valence-electron chi connectivity index (χ4n) is 5.10. The molecule has 1 fully saturated rings. The summed E-state index contributed by atoms with van der Waals surface area (Å²) in [5.41, 5.74) is 3.59. The van der Waals surface area contributed by atoms with Gasteiger partial charge in [-0.25, -0.2) is 4.68 Å². The van der Waals surface area contributed by atoms with E-state index in [9.17, 15) is 4.79 Å². The van der Waals surface area contributed by atoms with Crippen molar-refractivity contribution in [3.05, 3.63) is 51.9 Å². The molecule has 1 aromatic carbocycles. The minimum absolute atomic E-state index is 0.0555. The molecule has 4 nitrogen and oxygen atoms in total. The zero-order valence-electron chi connectivity index (χ0n) is 15.0. The van der Waals surface area contributed by atoms with Crippen LogP contribution in [0.15, 0.2) is 35.1 Å². The molecule has 1 saturated carbocycles. The maximum absolute atomic E-state index is 13.4. The van der Waals surface area contributed by atoms with Crippen molar-refractivity contribution >= 4 is 0 Å². The highest BCUT2D eigenvalue weighted by atomic mass is 16.5. The van der Waals surface area contributed by atoms with Gasteiger partial charge in [-0.05, 0) is 36.3 Å². The molecular formula is C20H26N2O2. The van der Waals surface area contributed by atoms with Gasteiger partial charge in [0.1, 0.15) is 0 Å². The Hall–Kier alpha value is -1.81. The second-order valence-corrected chi connectivity index (χ2v) is 7.98. The van der Waals surface area contributed by atoms with E-state index in [1.807, 2.05) is 35.0 Å². The maximum Gasteiger partial charge on any atom is 0.275 e. The van der Waals surface area contributed by atoms with Gasteiger partial charge in [0.05, 0.1) is 24.5 Å². The molecule has 4 rings (SSSR count). The first-order valence-electron chi connectivity index (χ1n) is 8.84. The SMILES string of the molecule is COCCn1c2c(c(=O)n1-c1ccccc1)C1CC[C@]2(C)C1(C)C. The van der Waals surface area contributed by atoms with Crippen molar-refractivity contribution in [3.8, 4) is 5.69 Å². The third-order valence-corrected chi connectivity index (χ3v) is 6.78. The molecule has 0 amide bonds. The molecule has 2 aliphatic rings. The number of hydrogen-bond donors (Lipinski definition) is 0. The molecule has 24 heavy (non-hydrogen) atoms. The summed E-state index contributed by atoms with van der Waals surface area (Å²) in [4.78, 5) is 13.4. The van der Waals surface area contributed by atoms with Gasteiger partial charge in [-0.3, -0.25) is 9.48 Å². The molecule has 4 heteroatoms.